The lowest BCUT2D eigenvalue weighted by atomic mass is 10.0. The molecule has 1 heterocycles. The van der Waals surface area contributed by atoms with E-state index in [2.05, 4.69) is 5.32 Å². The summed E-state index contributed by atoms with van der Waals surface area (Å²) >= 11 is 0. The molecule has 0 bridgehead atoms. The van der Waals surface area contributed by atoms with Crippen LogP contribution in [-0.4, -0.2) is 13.1 Å². The average molecular weight is 127 g/mol. The summed E-state index contributed by atoms with van der Waals surface area (Å²) in [5.41, 5.74) is 0. The zero-order valence-corrected chi connectivity index (χ0v) is 5.19. The quantitative estimate of drug-likeness (QED) is 0.521. The molecule has 0 aromatic rings. The minimum Gasteiger partial charge on any atom is -0.316 e. The van der Waals surface area contributed by atoms with Crippen molar-refractivity contribution in [1.29, 1.82) is 0 Å². The molecule has 2 fully saturated rings. The van der Waals surface area contributed by atoms with Crippen molar-refractivity contribution < 1.29 is 0 Å². The first kappa shape index (κ1) is 7.07. The van der Waals surface area contributed by atoms with E-state index < -0.39 is 0 Å². The first-order chi connectivity index (χ1) is 3.97. The zero-order valence-electron chi connectivity index (χ0n) is 5.19. The Morgan fingerprint density at radius 1 is 1.00 bits per heavy atom. The molecule has 1 N–H and O–H groups in total. The second kappa shape index (κ2) is 2.70. The first-order valence-corrected chi connectivity index (χ1v) is 3.67. The van der Waals surface area contributed by atoms with Gasteiger partial charge in [0.15, 0.2) is 0 Å². The summed E-state index contributed by atoms with van der Waals surface area (Å²) < 4.78 is 0. The van der Waals surface area contributed by atoms with Gasteiger partial charge in [0.05, 0.1) is 0 Å². The standard InChI is InChI=1S/C7H13N.CH4/c1-2-6-4-8-5-7(6)3-1;/h6-8H,1-5H2;1H4. The fourth-order valence-electron chi connectivity index (χ4n) is 2.11. The van der Waals surface area contributed by atoms with Gasteiger partial charge in [0, 0.05) is 0 Å². The van der Waals surface area contributed by atoms with Gasteiger partial charge in [0.25, 0.3) is 0 Å². The van der Waals surface area contributed by atoms with E-state index in [9.17, 15) is 0 Å². The Hall–Kier alpha value is -0.0400. The normalized spacial score (nSPS) is 40.0. The Morgan fingerprint density at radius 3 is 2.11 bits per heavy atom. The molecule has 2 rings (SSSR count). The van der Waals surface area contributed by atoms with Gasteiger partial charge in [0.1, 0.15) is 0 Å². The topological polar surface area (TPSA) is 12.0 Å². The molecule has 54 valence electrons. The van der Waals surface area contributed by atoms with Gasteiger partial charge < -0.3 is 5.32 Å². The van der Waals surface area contributed by atoms with Crippen LogP contribution in [0.5, 0.6) is 0 Å². The third-order valence-corrected chi connectivity index (χ3v) is 2.63. The largest absolute Gasteiger partial charge is 0.316 e. The molecule has 0 spiro atoms. The zero-order chi connectivity index (χ0) is 5.40. The maximum absolute atomic E-state index is 3.42. The van der Waals surface area contributed by atoms with Gasteiger partial charge in [-0.3, -0.25) is 0 Å². The predicted octanol–water partition coefficient (Wildman–Crippen LogP) is 1.64. The lowest BCUT2D eigenvalue weighted by molar-refractivity contribution is 0.494. The highest BCUT2D eigenvalue weighted by molar-refractivity contribution is 4.85. The Morgan fingerprint density at radius 2 is 1.56 bits per heavy atom. The molecule has 2 atom stereocenters. The van der Waals surface area contributed by atoms with Crippen LogP contribution in [0, 0.1) is 11.8 Å². The van der Waals surface area contributed by atoms with Crippen molar-refractivity contribution in [2.75, 3.05) is 13.1 Å². The van der Waals surface area contributed by atoms with Crippen LogP contribution in [0.2, 0.25) is 0 Å². The maximum atomic E-state index is 3.42. The molecule has 0 aromatic heterocycles. The SMILES string of the molecule is C.C1CC2CNCC2C1. The molecule has 1 aliphatic carbocycles. The lowest BCUT2D eigenvalue weighted by Crippen LogP contribution is -2.08. The number of hydrogen-bond donors (Lipinski definition) is 1. The lowest BCUT2D eigenvalue weighted by Gasteiger charge is -2.02. The van der Waals surface area contributed by atoms with Gasteiger partial charge in [-0.1, -0.05) is 13.8 Å². The van der Waals surface area contributed by atoms with Crippen molar-refractivity contribution in [1.82, 2.24) is 5.32 Å². The highest BCUT2D eigenvalue weighted by atomic mass is 14.9. The van der Waals surface area contributed by atoms with E-state index in [1.165, 1.54) is 32.4 Å². The summed E-state index contributed by atoms with van der Waals surface area (Å²) in [6.07, 6.45) is 4.49. The molecule has 1 nitrogen and oxygen atoms in total. The van der Waals surface area contributed by atoms with Gasteiger partial charge >= 0.3 is 0 Å². The summed E-state index contributed by atoms with van der Waals surface area (Å²) in [6.45, 7) is 2.62. The molecular formula is C8H17N. The van der Waals surface area contributed by atoms with E-state index in [1.54, 1.807) is 0 Å². The summed E-state index contributed by atoms with van der Waals surface area (Å²) in [5.74, 6) is 2.13. The van der Waals surface area contributed by atoms with Crippen LogP contribution in [0.4, 0.5) is 0 Å². The van der Waals surface area contributed by atoms with Gasteiger partial charge in [-0.25, -0.2) is 0 Å². The molecule has 0 aromatic carbocycles. The molecule has 0 radical (unpaired) electrons. The molecular weight excluding hydrogens is 110 g/mol. The van der Waals surface area contributed by atoms with Crippen molar-refractivity contribution in [3.05, 3.63) is 0 Å². The number of rotatable bonds is 0. The summed E-state index contributed by atoms with van der Waals surface area (Å²) in [5, 5.41) is 3.42. The molecule has 1 saturated carbocycles. The van der Waals surface area contributed by atoms with Crippen LogP contribution in [-0.2, 0) is 0 Å². The summed E-state index contributed by atoms with van der Waals surface area (Å²) in [4.78, 5) is 0. The van der Waals surface area contributed by atoms with E-state index in [4.69, 9.17) is 0 Å². The average Bonchev–Trinajstić information content (AvgIpc) is 2.15. The van der Waals surface area contributed by atoms with Gasteiger partial charge in [-0.2, -0.15) is 0 Å². The van der Waals surface area contributed by atoms with Gasteiger partial charge in [0.2, 0.25) is 0 Å². The Kier molecular flexibility index (Phi) is 2.12. The van der Waals surface area contributed by atoms with Crippen molar-refractivity contribution in [3.8, 4) is 0 Å². The second-order valence-corrected chi connectivity index (χ2v) is 3.11. The summed E-state index contributed by atoms with van der Waals surface area (Å²) in [6, 6.07) is 0. The molecule has 0 amide bonds. The maximum Gasteiger partial charge on any atom is -0.00173 e. The molecule has 2 unspecified atom stereocenters. The van der Waals surface area contributed by atoms with E-state index in [0.29, 0.717) is 0 Å². The fraction of sp³-hybridized carbons (Fsp3) is 1.00. The Labute approximate surface area is 57.8 Å². The van der Waals surface area contributed by atoms with Crippen LogP contribution in [0.3, 0.4) is 0 Å². The molecule has 1 heteroatoms. The first-order valence-electron chi connectivity index (χ1n) is 3.67. The van der Waals surface area contributed by atoms with Crippen LogP contribution < -0.4 is 5.32 Å². The van der Waals surface area contributed by atoms with Crippen LogP contribution in [0.15, 0.2) is 0 Å². The van der Waals surface area contributed by atoms with Crippen LogP contribution in [0.25, 0.3) is 0 Å². The van der Waals surface area contributed by atoms with Crippen molar-refractivity contribution >= 4 is 0 Å². The Balaban J connectivity index is 0.000000405. The van der Waals surface area contributed by atoms with Crippen molar-refractivity contribution in [2.24, 2.45) is 11.8 Å². The minimum atomic E-state index is 0. The molecule has 1 aliphatic heterocycles. The molecule has 2 aliphatic rings. The molecule has 1 saturated heterocycles. The third kappa shape index (κ3) is 1.11. The van der Waals surface area contributed by atoms with Crippen molar-refractivity contribution in [2.45, 2.75) is 26.7 Å². The molecule has 9 heavy (non-hydrogen) atoms. The van der Waals surface area contributed by atoms with E-state index in [1.807, 2.05) is 0 Å². The van der Waals surface area contributed by atoms with E-state index in [-0.39, 0.29) is 7.43 Å². The highest BCUT2D eigenvalue weighted by Gasteiger charge is 2.30. The fourth-order valence-corrected chi connectivity index (χ4v) is 2.11. The highest BCUT2D eigenvalue weighted by Crippen LogP contribution is 2.33. The minimum absolute atomic E-state index is 0. The number of fused-ring (bicyclic) bond motifs is 1. The van der Waals surface area contributed by atoms with Crippen LogP contribution in [0.1, 0.15) is 26.7 Å². The van der Waals surface area contributed by atoms with Gasteiger partial charge in [-0.05, 0) is 37.8 Å². The summed E-state index contributed by atoms with van der Waals surface area (Å²) in [7, 11) is 0. The second-order valence-electron chi connectivity index (χ2n) is 3.11. The van der Waals surface area contributed by atoms with Crippen LogP contribution >= 0.6 is 0 Å². The van der Waals surface area contributed by atoms with E-state index >= 15 is 0 Å². The number of nitrogens with one attached hydrogen (secondary N) is 1. The predicted molar refractivity (Wildman–Crippen MR) is 40.4 cm³/mol. The smallest absolute Gasteiger partial charge is 0.00173 e. The monoisotopic (exact) mass is 127 g/mol. The number of hydrogen-bond acceptors (Lipinski definition) is 1. The van der Waals surface area contributed by atoms with Gasteiger partial charge in [-0.15, -0.1) is 0 Å². The van der Waals surface area contributed by atoms with E-state index in [0.717, 1.165) is 11.8 Å². The van der Waals surface area contributed by atoms with Crippen molar-refractivity contribution in [3.63, 3.8) is 0 Å². The third-order valence-electron chi connectivity index (χ3n) is 2.63. The Bertz CT molecular complexity index is 70.6.